The summed E-state index contributed by atoms with van der Waals surface area (Å²) in [5.74, 6) is 0.775. The first-order valence-electron chi connectivity index (χ1n) is 4.74. The lowest BCUT2D eigenvalue weighted by atomic mass is 10.3. The third kappa shape index (κ3) is 2.51. The zero-order valence-corrected chi connectivity index (χ0v) is 11.0. The molecule has 2 aromatic heterocycles. The maximum atomic E-state index is 5.62. The molecule has 1 unspecified atom stereocenters. The molecule has 0 radical (unpaired) electrons. The van der Waals surface area contributed by atoms with Gasteiger partial charge in [0.2, 0.25) is 0 Å². The Labute approximate surface area is 106 Å². The first kappa shape index (κ1) is 11.3. The van der Waals surface area contributed by atoms with Crippen LogP contribution in [0.1, 0.15) is 18.0 Å². The monoisotopic (exact) mass is 298 g/mol. The van der Waals surface area contributed by atoms with Crippen molar-refractivity contribution in [2.75, 3.05) is 11.1 Å². The van der Waals surface area contributed by atoms with Gasteiger partial charge in [-0.15, -0.1) is 11.3 Å². The van der Waals surface area contributed by atoms with Crippen LogP contribution in [0.4, 0.5) is 11.5 Å². The first-order chi connectivity index (χ1) is 7.66. The summed E-state index contributed by atoms with van der Waals surface area (Å²) in [4.78, 5) is 8.47. The second-order valence-electron chi connectivity index (χ2n) is 3.34. The van der Waals surface area contributed by atoms with Crippen molar-refractivity contribution >= 4 is 38.8 Å². The Kier molecular flexibility index (Phi) is 3.40. The fourth-order valence-electron chi connectivity index (χ4n) is 1.27. The Morgan fingerprint density at radius 2 is 2.31 bits per heavy atom. The summed E-state index contributed by atoms with van der Waals surface area (Å²) >= 11 is 5.03. The van der Waals surface area contributed by atoms with Crippen molar-refractivity contribution in [1.82, 2.24) is 9.97 Å². The fraction of sp³-hybridized carbons (Fsp3) is 0.200. The molecule has 84 valence electrons. The molecule has 0 fully saturated rings. The van der Waals surface area contributed by atoms with E-state index in [0.717, 1.165) is 15.3 Å². The van der Waals surface area contributed by atoms with Gasteiger partial charge >= 0.3 is 0 Å². The number of thiazole rings is 1. The van der Waals surface area contributed by atoms with E-state index in [1.54, 1.807) is 23.7 Å². The average Bonchev–Trinajstić information content (AvgIpc) is 2.75. The van der Waals surface area contributed by atoms with E-state index in [1.807, 2.05) is 18.4 Å². The number of hydrogen-bond donors (Lipinski definition) is 2. The second kappa shape index (κ2) is 4.80. The van der Waals surface area contributed by atoms with Gasteiger partial charge in [0.15, 0.2) is 0 Å². The molecule has 0 amide bonds. The van der Waals surface area contributed by atoms with Crippen LogP contribution in [0.25, 0.3) is 0 Å². The van der Waals surface area contributed by atoms with E-state index < -0.39 is 0 Å². The number of nitrogens with one attached hydrogen (secondary N) is 1. The number of hydrogen-bond acceptors (Lipinski definition) is 5. The highest BCUT2D eigenvalue weighted by molar-refractivity contribution is 9.10. The summed E-state index contributed by atoms with van der Waals surface area (Å²) in [7, 11) is 0. The molecule has 4 nitrogen and oxygen atoms in total. The lowest BCUT2D eigenvalue weighted by molar-refractivity contribution is 0.859. The van der Waals surface area contributed by atoms with Gasteiger partial charge in [0.05, 0.1) is 22.4 Å². The van der Waals surface area contributed by atoms with Gasteiger partial charge in [0, 0.05) is 11.6 Å². The molecule has 0 aliphatic heterocycles. The van der Waals surface area contributed by atoms with Crippen molar-refractivity contribution < 1.29 is 0 Å². The van der Waals surface area contributed by atoms with E-state index in [9.17, 15) is 0 Å². The molecule has 16 heavy (non-hydrogen) atoms. The predicted octanol–water partition coefficient (Wildman–Crippen LogP) is 3.06. The van der Waals surface area contributed by atoms with Crippen molar-refractivity contribution in [2.45, 2.75) is 13.0 Å². The van der Waals surface area contributed by atoms with Crippen LogP contribution in [-0.2, 0) is 0 Å². The summed E-state index contributed by atoms with van der Waals surface area (Å²) in [6.07, 6.45) is 3.42. The molecule has 6 heteroatoms. The molecule has 0 saturated heterocycles. The van der Waals surface area contributed by atoms with E-state index >= 15 is 0 Å². The highest BCUT2D eigenvalue weighted by Crippen LogP contribution is 2.26. The SMILES string of the molecule is CC(Nc1ncc(N)cc1Br)c1nccs1. The molecule has 0 spiro atoms. The van der Waals surface area contributed by atoms with Gasteiger partial charge in [-0.05, 0) is 28.9 Å². The number of nitrogens with zero attached hydrogens (tertiary/aromatic N) is 2. The highest BCUT2D eigenvalue weighted by Gasteiger charge is 2.10. The standard InChI is InChI=1S/C10H11BrN4S/c1-6(10-13-2-3-16-10)15-9-8(11)4-7(12)5-14-9/h2-6H,12H2,1H3,(H,14,15). The Bertz CT molecular complexity index is 472. The second-order valence-corrected chi connectivity index (χ2v) is 5.12. The third-order valence-corrected chi connectivity index (χ3v) is 3.60. The van der Waals surface area contributed by atoms with Crippen LogP contribution >= 0.6 is 27.3 Å². The quantitative estimate of drug-likeness (QED) is 0.914. The minimum absolute atomic E-state index is 0.132. The fourth-order valence-corrected chi connectivity index (χ4v) is 2.40. The molecule has 2 aromatic rings. The Morgan fingerprint density at radius 1 is 1.50 bits per heavy atom. The van der Waals surface area contributed by atoms with Gasteiger partial charge in [-0.1, -0.05) is 0 Å². The van der Waals surface area contributed by atoms with Gasteiger partial charge in [-0.25, -0.2) is 9.97 Å². The summed E-state index contributed by atoms with van der Waals surface area (Å²) in [5, 5.41) is 6.26. The number of aromatic nitrogens is 2. The Hall–Kier alpha value is -1.14. The van der Waals surface area contributed by atoms with E-state index in [1.165, 1.54) is 0 Å². The van der Waals surface area contributed by atoms with Crippen molar-refractivity contribution in [2.24, 2.45) is 0 Å². The lowest BCUT2D eigenvalue weighted by Crippen LogP contribution is -2.08. The van der Waals surface area contributed by atoms with Gasteiger partial charge in [-0.2, -0.15) is 0 Å². The molecular weight excluding hydrogens is 288 g/mol. The van der Waals surface area contributed by atoms with Crippen molar-refractivity contribution in [1.29, 1.82) is 0 Å². The molecular formula is C10H11BrN4S. The Balaban J connectivity index is 2.15. The predicted molar refractivity (Wildman–Crippen MR) is 70.5 cm³/mol. The van der Waals surface area contributed by atoms with Crippen LogP contribution in [-0.4, -0.2) is 9.97 Å². The molecule has 2 heterocycles. The zero-order chi connectivity index (χ0) is 11.5. The van der Waals surface area contributed by atoms with Crippen LogP contribution in [0.2, 0.25) is 0 Å². The highest BCUT2D eigenvalue weighted by atomic mass is 79.9. The van der Waals surface area contributed by atoms with E-state index in [-0.39, 0.29) is 6.04 Å². The first-order valence-corrected chi connectivity index (χ1v) is 6.41. The molecule has 0 saturated carbocycles. The number of rotatable bonds is 3. The largest absolute Gasteiger partial charge is 0.397 e. The molecule has 2 rings (SSSR count). The average molecular weight is 299 g/mol. The van der Waals surface area contributed by atoms with Gasteiger partial charge in [-0.3, -0.25) is 0 Å². The van der Waals surface area contributed by atoms with Gasteiger partial charge in [0.25, 0.3) is 0 Å². The van der Waals surface area contributed by atoms with E-state index in [4.69, 9.17) is 5.73 Å². The van der Waals surface area contributed by atoms with Crippen LogP contribution in [0, 0.1) is 0 Å². The topological polar surface area (TPSA) is 63.8 Å². The van der Waals surface area contributed by atoms with Crippen LogP contribution in [0.15, 0.2) is 28.3 Å². The van der Waals surface area contributed by atoms with Gasteiger partial charge < -0.3 is 11.1 Å². The van der Waals surface area contributed by atoms with Crippen molar-refractivity contribution in [3.05, 3.63) is 33.3 Å². The minimum Gasteiger partial charge on any atom is -0.397 e. The lowest BCUT2D eigenvalue weighted by Gasteiger charge is -2.13. The Morgan fingerprint density at radius 3 is 2.94 bits per heavy atom. The van der Waals surface area contributed by atoms with Crippen molar-refractivity contribution in [3.63, 3.8) is 0 Å². The number of nitrogen functional groups attached to an aromatic ring is 1. The van der Waals surface area contributed by atoms with Gasteiger partial charge in [0.1, 0.15) is 10.8 Å². The number of pyridine rings is 1. The summed E-state index contributed by atoms with van der Waals surface area (Å²) in [6, 6.07) is 1.96. The van der Waals surface area contributed by atoms with E-state index in [0.29, 0.717) is 5.69 Å². The maximum Gasteiger partial charge on any atom is 0.140 e. The molecule has 3 N–H and O–H groups in total. The molecule has 0 aliphatic carbocycles. The number of anilines is 2. The number of halogens is 1. The molecule has 1 atom stereocenters. The normalized spacial score (nSPS) is 12.4. The summed E-state index contributed by atoms with van der Waals surface area (Å²) < 4.78 is 0.857. The van der Waals surface area contributed by atoms with E-state index in [2.05, 4.69) is 31.2 Å². The molecule has 0 aromatic carbocycles. The van der Waals surface area contributed by atoms with Crippen molar-refractivity contribution in [3.8, 4) is 0 Å². The summed E-state index contributed by atoms with van der Waals surface area (Å²) in [6.45, 7) is 2.04. The smallest absolute Gasteiger partial charge is 0.140 e. The maximum absolute atomic E-state index is 5.62. The molecule has 0 bridgehead atoms. The molecule has 0 aliphatic rings. The summed E-state index contributed by atoms with van der Waals surface area (Å²) in [5.41, 5.74) is 6.26. The number of nitrogens with two attached hydrogens (primary N) is 1. The van der Waals surface area contributed by atoms with Crippen LogP contribution < -0.4 is 11.1 Å². The minimum atomic E-state index is 0.132. The van der Waals surface area contributed by atoms with Crippen LogP contribution in [0.5, 0.6) is 0 Å². The third-order valence-electron chi connectivity index (χ3n) is 2.04. The zero-order valence-electron chi connectivity index (χ0n) is 8.64. The van der Waals surface area contributed by atoms with Crippen LogP contribution in [0.3, 0.4) is 0 Å².